The van der Waals surface area contributed by atoms with Crippen LogP contribution in [0.15, 0.2) is 58.4 Å². The van der Waals surface area contributed by atoms with Crippen molar-refractivity contribution in [1.29, 1.82) is 0 Å². The number of thioether (sulfide) groups is 1. The highest BCUT2D eigenvalue weighted by molar-refractivity contribution is 8.00. The molecule has 3 aromatic rings. The molecule has 1 aromatic heterocycles. The van der Waals surface area contributed by atoms with Crippen LogP contribution in [0.25, 0.3) is 0 Å². The van der Waals surface area contributed by atoms with Gasteiger partial charge in [-0.1, -0.05) is 46.7 Å². The zero-order valence-corrected chi connectivity index (χ0v) is 20.8. The summed E-state index contributed by atoms with van der Waals surface area (Å²) in [4.78, 5) is 27.0. The molecule has 0 unspecified atom stereocenters. The maximum atomic E-state index is 13.1. The number of hydrogen-bond acceptors (Lipinski definition) is 4. The van der Waals surface area contributed by atoms with Crippen molar-refractivity contribution in [3.8, 4) is 0 Å². The third-order valence-electron chi connectivity index (χ3n) is 7.35. The molecule has 2 bridgehead atoms. The highest BCUT2D eigenvalue weighted by Crippen LogP contribution is 2.64. The summed E-state index contributed by atoms with van der Waals surface area (Å²) >= 11 is 15.3. The monoisotopic (exact) mass is 516 g/mol. The van der Waals surface area contributed by atoms with Crippen molar-refractivity contribution in [2.45, 2.75) is 42.0 Å². The number of carbonyl (C=O) groups excluding carboxylic acids is 1. The Bertz CT molecular complexity index is 1270. The Morgan fingerprint density at radius 3 is 2.39 bits per heavy atom. The lowest BCUT2D eigenvalue weighted by Crippen LogP contribution is -2.34. The first kappa shape index (κ1) is 21.8. The number of rotatable bonds is 4. The van der Waals surface area contributed by atoms with E-state index in [4.69, 9.17) is 23.2 Å². The highest BCUT2D eigenvalue weighted by atomic mass is 35.5. The van der Waals surface area contributed by atoms with Crippen molar-refractivity contribution in [3.63, 3.8) is 0 Å². The summed E-state index contributed by atoms with van der Waals surface area (Å²) in [5.41, 5.74) is 1.89. The Kier molecular flexibility index (Phi) is 5.60. The minimum Gasteiger partial charge on any atom is -0.325 e. The van der Waals surface area contributed by atoms with E-state index in [1.807, 2.05) is 23.9 Å². The van der Waals surface area contributed by atoms with E-state index in [-0.39, 0.29) is 23.2 Å². The molecule has 5 atom stereocenters. The molecule has 2 fully saturated rings. The average Bonchev–Trinajstić information content (AvgIpc) is 3.49. The van der Waals surface area contributed by atoms with Crippen LogP contribution >= 0.6 is 46.3 Å². The molecule has 3 aliphatic rings. The predicted octanol–water partition coefficient (Wildman–Crippen LogP) is 6.51. The second kappa shape index (κ2) is 8.49. The number of hydrogen-bond donors (Lipinski definition) is 1. The minimum atomic E-state index is -0.210. The van der Waals surface area contributed by atoms with E-state index in [0.717, 1.165) is 14.9 Å². The predicted molar refractivity (Wildman–Crippen MR) is 136 cm³/mol. The van der Waals surface area contributed by atoms with Gasteiger partial charge in [-0.3, -0.25) is 14.2 Å². The molecule has 33 heavy (non-hydrogen) atoms. The molecule has 0 radical (unpaired) electrons. The van der Waals surface area contributed by atoms with Crippen molar-refractivity contribution >= 4 is 57.9 Å². The number of halogens is 2. The van der Waals surface area contributed by atoms with Crippen LogP contribution in [-0.4, -0.2) is 15.7 Å². The number of fused-ring (bicyclic) bond motifs is 6. The number of carbonyl (C=O) groups is 1. The number of aromatic nitrogens is 1. The molecule has 2 saturated carbocycles. The summed E-state index contributed by atoms with van der Waals surface area (Å²) in [5.74, 6) is 1.92. The summed E-state index contributed by atoms with van der Waals surface area (Å²) < 4.78 is 1.68. The van der Waals surface area contributed by atoms with Gasteiger partial charge in [0, 0.05) is 31.8 Å². The van der Waals surface area contributed by atoms with Crippen LogP contribution in [0.5, 0.6) is 0 Å². The molecular weight excluding hydrogens is 495 g/mol. The molecule has 1 aliphatic heterocycles. The summed E-state index contributed by atoms with van der Waals surface area (Å²) in [5, 5.41) is 5.69. The van der Waals surface area contributed by atoms with Crippen LogP contribution in [0, 0.1) is 17.8 Å². The Morgan fingerprint density at radius 1 is 1.00 bits per heavy atom. The maximum absolute atomic E-state index is 13.1. The van der Waals surface area contributed by atoms with Crippen LogP contribution in [0.3, 0.4) is 0 Å². The van der Waals surface area contributed by atoms with Crippen LogP contribution in [-0.2, 0) is 11.3 Å². The number of thiazole rings is 1. The third-order valence-corrected chi connectivity index (χ3v) is 10.7. The second-order valence-electron chi connectivity index (χ2n) is 9.20. The summed E-state index contributed by atoms with van der Waals surface area (Å²) in [7, 11) is 0. The van der Waals surface area contributed by atoms with E-state index in [9.17, 15) is 9.59 Å². The van der Waals surface area contributed by atoms with Gasteiger partial charge in [-0.15, -0.1) is 11.8 Å². The van der Waals surface area contributed by atoms with E-state index >= 15 is 0 Å². The largest absolute Gasteiger partial charge is 0.325 e. The number of nitrogens with one attached hydrogen (secondary N) is 1. The van der Waals surface area contributed by atoms with Crippen molar-refractivity contribution in [3.05, 3.63) is 78.7 Å². The standard InChI is InChI=1S/C25H22Cl2N2O2S2/c26-16-5-3-13(4-6-16)20-21-14-1-2-15(11-14)22(21)32-24-23(20)33-25(31)29(24)12-19(30)28-18-9-7-17(27)8-10-18/h3-10,14-15,20-22H,1-2,11-12H2,(H,28,30)/t14-,15-,20+,21+,22+/m0/s1. The molecule has 2 aromatic carbocycles. The molecule has 4 nitrogen and oxygen atoms in total. The summed E-state index contributed by atoms with van der Waals surface area (Å²) in [6.07, 6.45) is 3.83. The van der Waals surface area contributed by atoms with Crippen LogP contribution in [0.1, 0.15) is 35.6 Å². The molecule has 6 rings (SSSR count). The van der Waals surface area contributed by atoms with Gasteiger partial charge in [0.1, 0.15) is 6.54 Å². The van der Waals surface area contributed by atoms with Crippen molar-refractivity contribution < 1.29 is 4.79 Å². The lowest BCUT2D eigenvalue weighted by molar-refractivity contribution is -0.116. The minimum absolute atomic E-state index is 0.0130. The Morgan fingerprint density at radius 2 is 1.67 bits per heavy atom. The van der Waals surface area contributed by atoms with E-state index in [2.05, 4.69) is 17.4 Å². The van der Waals surface area contributed by atoms with Gasteiger partial charge < -0.3 is 5.32 Å². The molecular formula is C25H22Cl2N2O2S2. The highest BCUT2D eigenvalue weighted by Gasteiger charge is 2.55. The lowest BCUT2D eigenvalue weighted by Gasteiger charge is -2.40. The van der Waals surface area contributed by atoms with Gasteiger partial charge in [0.25, 0.3) is 0 Å². The fourth-order valence-electron chi connectivity index (χ4n) is 6.01. The van der Waals surface area contributed by atoms with Gasteiger partial charge in [0.05, 0.1) is 5.03 Å². The first-order valence-corrected chi connectivity index (χ1v) is 13.6. The molecule has 2 aliphatic carbocycles. The SMILES string of the molecule is O=C(Cn1c2c(sc1=O)[C@H](c1ccc(Cl)cc1)[C@H]1[C@H]3CC[C@@H](C3)[C@H]1S2)Nc1ccc(Cl)cc1. The van der Waals surface area contributed by atoms with Crippen molar-refractivity contribution in [1.82, 2.24) is 4.57 Å². The lowest BCUT2D eigenvalue weighted by atomic mass is 9.75. The fourth-order valence-corrected chi connectivity index (χ4v) is 9.41. The smallest absolute Gasteiger partial charge is 0.308 e. The molecule has 0 spiro atoms. The fraction of sp³-hybridized carbons (Fsp3) is 0.360. The zero-order valence-electron chi connectivity index (χ0n) is 17.7. The summed E-state index contributed by atoms with van der Waals surface area (Å²) in [6.45, 7) is 0.0130. The number of benzene rings is 2. The maximum Gasteiger partial charge on any atom is 0.308 e. The third kappa shape index (κ3) is 3.85. The van der Waals surface area contributed by atoms with Gasteiger partial charge in [-0.25, -0.2) is 0 Å². The second-order valence-corrected chi connectivity index (χ2v) is 12.2. The number of nitrogens with zero attached hydrogens (tertiary/aromatic N) is 1. The quantitative estimate of drug-likeness (QED) is 0.430. The number of anilines is 1. The average molecular weight is 518 g/mol. The number of amides is 1. The molecule has 170 valence electrons. The molecule has 8 heteroatoms. The van der Waals surface area contributed by atoms with E-state index < -0.39 is 0 Å². The van der Waals surface area contributed by atoms with Gasteiger partial charge in [-0.2, -0.15) is 0 Å². The van der Waals surface area contributed by atoms with Gasteiger partial charge in [-0.05, 0) is 79.0 Å². The Balaban J connectivity index is 1.36. The Hall–Kier alpha value is -1.73. The topological polar surface area (TPSA) is 51.1 Å². The molecule has 2 heterocycles. The van der Waals surface area contributed by atoms with Gasteiger partial charge >= 0.3 is 4.87 Å². The van der Waals surface area contributed by atoms with E-state index in [1.165, 1.54) is 36.2 Å². The molecule has 1 amide bonds. The van der Waals surface area contributed by atoms with Gasteiger partial charge in [0.15, 0.2) is 0 Å². The van der Waals surface area contributed by atoms with Crippen LogP contribution in [0.4, 0.5) is 5.69 Å². The van der Waals surface area contributed by atoms with Crippen molar-refractivity contribution in [2.75, 3.05) is 5.32 Å². The Labute approximate surface area is 210 Å². The normalized spacial score (nSPS) is 27.3. The van der Waals surface area contributed by atoms with E-state index in [0.29, 0.717) is 33.7 Å². The van der Waals surface area contributed by atoms with Crippen molar-refractivity contribution in [2.24, 2.45) is 17.8 Å². The zero-order chi connectivity index (χ0) is 22.7. The first-order chi connectivity index (χ1) is 16.0. The van der Waals surface area contributed by atoms with E-state index in [1.54, 1.807) is 28.8 Å². The molecule has 1 N–H and O–H groups in total. The van der Waals surface area contributed by atoms with Crippen LogP contribution < -0.4 is 10.2 Å². The first-order valence-electron chi connectivity index (χ1n) is 11.2. The van der Waals surface area contributed by atoms with Gasteiger partial charge in [0.2, 0.25) is 5.91 Å². The summed E-state index contributed by atoms with van der Waals surface area (Å²) in [6, 6.07) is 15.1. The van der Waals surface area contributed by atoms with Crippen LogP contribution in [0.2, 0.25) is 10.0 Å². The molecule has 0 saturated heterocycles.